The third kappa shape index (κ3) is 4.78. The Morgan fingerprint density at radius 2 is 1.71 bits per heavy atom. The van der Waals surface area contributed by atoms with E-state index in [1.54, 1.807) is 12.1 Å². The van der Waals surface area contributed by atoms with Crippen molar-refractivity contribution in [3.63, 3.8) is 0 Å². The zero-order valence-electron chi connectivity index (χ0n) is 19.2. The Bertz CT molecular complexity index is 1210. The van der Waals surface area contributed by atoms with Gasteiger partial charge in [0, 0.05) is 12.0 Å². The average molecular weight is 468 g/mol. The van der Waals surface area contributed by atoms with Crippen LogP contribution < -0.4 is 9.47 Å². The van der Waals surface area contributed by atoms with Crippen LogP contribution in [0.2, 0.25) is 0 Å². The molecule has 0 fully saturated rings. The van der Waals surface area contributed by atoms with E-state index >= 15 is 0 Å². The minimum Gasteiger partial charge on any atom is -0.496 e. The maximum Gasteiger partial charge on any atom is 0.341 e. The van der Waals surface area contributed by atoms with Gasteiger partial charge in [0.05, 0.1) is 30.9 Å². The maximum absolute atomic E-state index is 14.2. The van der Waals surface area contributed by atoms with E-state index in [-0.39, 0.29) is 34.9 Å². The standard InChI is InChI=1S/C25H25FN2O6/c1-14(2)9-12-20(34-25(29)15-7-5-6-8-17(15)26)16-13-21(32-3)22-18(27-30)10-11-19(28-31)23(22)24(16)33-4/h5-11,13,20,30-31H,12H2,1-4H3/b27-18+,28-19+/t20-/m0/s1. The number of carbonyl (C=O) groups is 1. The lowest BCUT2D eigenvalue weighted by Crippen LogP contribution is -2.20. The molecule has 0 saturated carbocycles. The molecular formula is C25H25FN2O6. The van der Waals surface area contributed by atoms with Crippen molar-refractivity contribution >= 4 is 17.4 Å². The summed E-state index contributed by atoms with van der Waals surface area (Å²) >= 11 is 0. The van der Waals surface area contributed by atoms with Crippen LogP contribution in [-0.2, 0) is 4.74 Å². The van der Waals surface area contributed by atoms with Crippen molar-refractivity contribution in [2.75, 3.05) is 14.2 Å². The van der Waals surface area contributed by atoms with Crippen molar-refractivity contribution in [3.05, 3.63) is 82.2 Å². The van der Waals surface area contributed by atoms with E-state index < -0.39 is 17.9 Å². The molecule has 178 valence electrons. The molecule has 1 aliphatic carbocycles. The van der Waals surface area contributed by atoms with Gasteiger partial charge in [-0.1, -0.05) is 34.1 Å². The molecule has 0 amide bonds. The van der Waals surface area contributed by atoms with Crippen LogP contribution in [0, 0.1) is 5.82 Å². The van der Waals surface area contributed by atoms with Gasteiger partial charge in [0.2, 0.25) is 0 Å². The predicted molar refractivity (Wildman–Crippen MR) is 124 cm³/mol. The van der Waals surface area contributed by atoms with Gasteiger partial charge < -0.3 is 24.6 Å². The Morgan fingerprint density at radius 1 is 1.06 bits per heavy atom. The molecule has 0 bridgehead atoms. The van der Waals surface area contributed by atoms with E-state index in [2.05, 4.69) is 10.3 Å². The lowest BCUT2D eigenvalue weighted by molar-refractivity contribution is 0.0292. The van der Waals surface area contributed by atoms with Gasteiger partial charge in [0.25, 0.3) is 0 Å². The van der Waals surface area contributed by atoms with Crippen LogP contribution in [-0.4, -0.2) is 42.0 Å². The maximum atomic E-state index is 14.2. The fourth-order valence-corrected chi connectivity index (χ4v) is 3.67. The summed E-state index contributed by atoms with van der Waals surface area (Å²) in [6, 6.07) is 7.13. The zero-order valence-corrected chi connectivity index (χ0v) is 19.2. The highest BCUT2D eigenvalue weighted by Crippen LogP contribution is 2.42. The number of rotatable bonds is 7. The van der Waals surface area contributed by atoms with E-state index in [1.165, 1.54) is 44.6 Å². The van der Waals surface area contributed by atoms with E-state index in [9.17, 15) is 19.6 Å². The van der Waals surface area contributed by atoms with Gasteiger partial charge in [-0.15, -0.1) is 0 Å². The molecular weight excluding hydrogens is 443 g/mol. The topological polar surface area (TPSA) is 110 Å². The summed E-state index contributed by atoms with van der Waals surface area (Å²) in [5.41, 5.74) is 2.08. The number of hydrogen-bond acceptors (Lipinski definition) is 8. The molecule has 0 radical (unpaired) electrons. The average Bonchev–Trinajstić information content (AvgIpc) is 2.84. The SMILES string of the molecule is COc1cc([C@H](CC=C(C)C)OC(=O)c2ccccc2F)c(OC)c2c1/C(=N/O)C=C/C2=N\O. The van der Waals surface area contributed by atoms with Crippen molar-refractivity contribution in [1.29, 1.82) is 0 Å². The number of methoxy groups -OCH3 is 2. The number of halogens is 1. The van der Waals surface area contributed by atoms with Crippen LogP contribution in [0.15, 0.2) is 64.4 Å². The van der Waals surface area contributed by atoms with Crippen LogP contribution in [0.5, 0.6) is 11.5 Å². The summed E-state index contributed by atoms with van der Waals surface area (Å²) in [5.74, 6) is -1.06. The molecule has 2 N–H and O–H groups in total. The normalized spacial score (nSPS) is 15.6. The minimum atomic E-state index is -0.906. The van der Waals surface area contributed by atoms with Gasteiger partial charge in [-0.2, -0.15) is 0 Å². The molecule has 2 aromatic rings. The van der Waals surface area contributed by atoms with Crippen molar-refractivity contribution in [2.45, 2.75) is 26.4 Å². The van der Waals surface area contributed by atoms with Crippen molar-refractivity contribution in [2.24, 2.45) is 10.3 Å². The quantitative estimate of drug-likeness (QED) is 0.255. The van der Waals surface area contributed by atoms with Crippen molar-refractivity contribution < 1.29 is 33.8 Å². The van der Waals surface area contributed by atoms with Gasteiger partial charge in [-0.25, -0.2) is 9.18 Å². The third-order valence-electron chi connectivity index (χ3n) is 5.25. The van der Waals surface area contributed by atoms with Gasteiger partial charge in [0.1, 0.15) is 34.8 Å². The Labute approximate surface area is 196 Å². The van der Waals surface area contributed by atoms with Gasteiger partial charge in [0.15, 0.2) is 0 Å². The molecule has 0 unspecified atom stereocenters. The van der Waals surface area contributed by atoms with Crippen LogP contribution in [0.1, 0.15) is 53.4 Å². The monoisotopic (exact) mass is 468 g/mol. The molecule has 0 spiro atoms. The molecule has 9 heteroatoms. The molecule has 0 saturated heterocycles. The van der Waals surface area contributed by atoms with Crippen molar-refractivity contribution in [1.82, 2.24) is 0 Å². The molecule has 8 nitrogen and oxygen atoms in total. The van der Waals surface area contributed by atoms with E-state index in [4.69, 9.17) is 14.2 Å². The first-order valence-corrected chi connectivity index (χ1v) is 10.4. The van der Waals surface area contributed by atoms with Gasteiger partial charge >= 0.3 is 5.97 Å². The molecule has 34 heavy (non-hydrogen) atoms. The van der Waals surface area contributed by atoms with Crippen molar-refractivity contribution in [3.8, 4) is 11.5 Å². The number of esters is 1. The number of allylic oxidation sites excluding steroid dienone is 3. The van der Waals surface area contributed by atoms with E-state index in [0.29, 0.717) is 16.7 Å². The molecule has 1 aliphatic rings. The van der Waals surface area contributed by atoms with Gasteiger partial charge in [-0.3, -0.25) is 0 Å². The number of nitrogens with zero attached hydrogens (tertiary/aromatic N) is 2. The first-order valence-electron chi connectivity index (χ1n) is 10.4. The Hall–Kier alpha value is -4.14. The van der Waals surface area contributed by atoms with E-state index in [1.807, 2.05) is 19.9 Å². The fraction of sp³-hybridized carbons (Fsp3) is 0.240. The van der Waals surface area contributed by atoms with Crippen LogP contribution in [0.25, 0.3) is 0 Å². The Kier molecular flexibility index (Phi) is 7.68. The van der Waals surface area contributed by atoms with Gasteiger partial charge in [-0.05, 0) is 44.2 Å². The van der Waals surface area contributed by atoms with Crippen LogP contribution in [0.4, 0.5) is 4.39 Å². The van der Waals surface area contributed by atoms with Crippen LogP contribution in [0.3, 0.4) is 0 Å². The molecule has 0 heterocycles. The second kappa shape index (κ2) is 10.7. The first-order chi connectivity index (χ1) is 16.4. The van der Waals surface area contributed by atoms with E-state index in [0.717, 1.165) is 5.57 Å². The lowest BCUT2D eigenvalue weighted by Gasteiger charge is -2.26. The van der Waals surface area contributed by atoms with Crippen LogP contribution >= 0.6 is 0 Å². The summed E-state index contributed by atoms with van der Waals surface area (Å²) in [5, 5.41) is 25.7. The number of ether oxygens (including phenoxy) is 3. The number of fused-ring (bicyclic) bond motifs is 1. The summed E-state index contributed by atoms with van der Waals surface area (Å²) in [7, 11) is 2.83. The highest BCUT2D eigenvalue weighted by atomic mass is 19.1. The number of hydrogen-bond donors (Lipinski definition) is 2. The Balaban J connectivity index is 2.22. The first kappa shape index (κ1) is 24.5. The smallest absolute Gasteiger partial charge is 0.341 e. The summed E-state index contributed by atoms with van der Waals surface area (Å²) in [4.78, 5) is 12.9. The summed E-state index contributed by atoms with van der Waals surface area (Å²) < 4.78 is 31.2. The number of benzene rings is 2. The zero-order chi connectivity index (χ0) is 24.8. The molecule has 1 atom stereocenters. The molecule has 2 aromatic carbocycles. The summed E-state index contributed by atoms with van der Waals surface area (Å²) in [6.07, 6.45) is 4.11. The Morgan fingerprint density at radius 3 is 2.26 bits per heavy atom. The highest BCUT2D eigenvalue weighted by molar-refractivity contribution is 6.27. The number of oxime groups is 2. The summed E-state index contributed by atoms with van der Waals surface area (Å²) in [6.45, 7) is 3.79. The largest absolute Gasteiger partial charge is 0.496 e. The second-order valence-electron chi connectivity index (χ2n) is 7.65. The highest BCUT2D eigenvalue weighted by Gasteiger charge is 2.32. The number of carbonyl (C=O) groups excluding carboxylic acids is 1. The molecule has 0 aliphatic heterocycles. The predicted octanol–water partition coefficient (Wildman–Crippen LogP) is 5.02. The molecule has 0 aromatic heterocycles. The molecule has 3 rings (SSSR count). The third-order valence-corrected chi connectivity index (χ3v) is 5.25. The lowest BCUT2D eigenvalue weighted by atomic mass is 9.88. The minimum absolute atomic E-state index is 0.126. The second-order valence-corrected chi connectivity index (χ2v) is 7.65. The fourth-order valence-electron chi connectivity index (χ4n) is 3.67.